The Labute approximate surface area is 116 Å². The second-order valence-electron chi connectivity index (χ2n) is 5.04. The van der Waals surface area contributed by atoms with E-state index >= 15 is 0 Å². The van der Waals surface area contributed by atoms with Gasteiger partial charge in [0.05, 0.1) is 0 Å². The number of piperidine rings is 1. The van der Waals surface area contributed by atoms with Crippen LogP contribution in [-0.4, -0.2) is 41.8 Å². The number of nitrogens with two attached hydrogens (primary N) is 1. The summed E-state index contributed by atoms with van der Waals surface area (Å²) in [6.07, 6.45) is 2.27. The Hall–Kier alpha value is -1.45. The first-order valence-electron chi connectivity index (χ1n) is 6.40. The quantitative estimate of drug-likeness (QED) is 0.646. The molecule has 9 heteroatoms. The highest BCUT2D eigenvalue weighted by Gasteiger charge is 2.32. The van der Waals surface area contributed by atoms with Gasteiger partial charge in [-0.15, -0.1) is 0 Å². The van der Waals surface area contributed by atoms with Crippen molar-refractivity contribution in [2.75, 3.05) is 13.1 Å². The zero-order valence-corrected chi connectivity index (χ0v) is 11.9. The molecule has 2 rings (SSSR count). The first-order valence-corrected chi connectivity index (χ1v) is 7.84. The summed E-state index contributed by atoms with van der Waals surface area (Å²) in [7, 11) is -3.88. The Kier molecular flexibility index (Phi) is 4.11. The molecule has 0 aliphatic carbocycles. The molecule has 0 aromatic carbocycles. The normalized spacial score (nSPS) is 19.9. The Bertz CT molecular complexity index is 683. The molecule has 0 radical (unpaired) electrons. The molecule has 1 fully saturated rings. The maximum atomic E-state index is 12.3. The highest BCUT2D eigenvalue weighted by molar-refractivity contribution is 7.89. The Morgan fingerprint density at radius 3 is 2.45 bits per heavy atom. The van der Waals surface area contributed by atoms with Crippen LogP contribution in [0.2, 0.25) is 0 Å². The van der Waals surface area contributed by atoms with Gasteiger partial charge in [0.15, 0.2) is 4.90 Å². The molecular formula is C11H18N4O4S. The minimum atomic E-state index is -3.88. The molecule has 1 aromatic rings. The fraction of sp³-hybridized carbons (Fsp3) is 0.636. The molecule has 1 aromatic heterocycles. The van der Waals surface area contributed by atoms with E-state index in [0.29, 0.717) is 25.9 Å². The SMILES string of the molecule is CC(N)C1CCN(S(=O)(=O)c2c[nH]c(=O)[nH]c2=O)CC1. The third kappa shape index (κ3) is 2.84. The number of hydrogen-bond acceptors (Lipinski definition) is 5. The Morgan fingerprint density at radius 2 is 1.95 bits per heavy atom. The van der Waals surface area contributed by atoms with Gasteiger partial charge in [-0.2, -0.15) is 4.31 Å². The molecule has 1 atom stereocenters. The van der Waals surface area contributed by atoms with Gasteiger partial charge in [-0.3, -0.25) is 9.78 Å². The number of aromatic nitrogens is 2. The zero-order chi connectivity index (χ0) is 14.9. The fourth-order valence-electron chi connectivity index (χ4n) is 2.37. The molecule has 112 valence electrons. The molecule has 1 saturated heterocycles. The smallest absolute Gasteiger partial charge is 0.325 e. The van der Waals surface area contributed by atoms with E-state index < -0.39 is 26.2 Å². The van der Waals surface area contributed by atoms with Crippen LogP contribution >= 0.6 is 0 Å². The van der Waals surface area contributed by atoms with Gasteiger partial charge in [0.1, 0.15) is 0 Å². The second-order valence-corrected chi connectivity index (χ2v) is 6.94. The topological polar surface area (TPSA) is 129 Å². The number of rotatable bonds is 3. The van der Waals surface area contributed by atoms with E-state index in [1.807, 2.05) is 11.9 Å². The monoisotopic (exact) mass is 302 g/mol. The lowest BCUT2D eigenvalue weighted by Gasteiger charge is -2.32. The molecule has 4 N–H and O–H groups in total. The van der Waals surface area contributed by atoms with E-state index in [4.69, 9.17) is 5.73 Å². The highest BCUT2D eigenvalue weighted by Crippen LogP contribution is 2.23. The molecule has 0 amide bonds. The van der Waals surface area contributed by atoms with Crippen molar-refractivity contribution in [1.29, 1.82) is 0 Å². The number of H-pyrrole nitrogens is 2. The van der Waals surface area contributed by atoms with E-state index in [1.165, 1.54) is 4.31 Å². The summed E-state index contributed by atoms with van der Waals surface area (Å²) in [4.78, 5) is 26.2. The van der Waals surface area contributed by atoms with Crippen LogP contribution in [0.1, 0.15) is 19.8 Å². The van der Waals surface area contributed by atoms with E-state index in [2.05, 4.69) is 4.98 Å². The molecule has 0 saturated carbocycles. The third-order valence-corrected chi connectivity index (χ3v) is 5.55. The van der Waals surface area contributed by atoms with Gasteiger partial charge in [0.25, 0.3) is 5.56 Å². The van der Waals surface area contributed by atoms with Gasteiger partial charge in [-0.1, -0.05) is 0 Å². The lowest BCUT2D eigenvalue weighted by Crippen LogP contribution is -2.44. The van der Waals surface area contributed by atoms with Crippen LogP contribution in [0.3, 0.4) is 0 Å². The van der Waals surface area contributed by atoms with E-state index in [0.717, 1.165) is 6.20 Å². The Balaban J connectivity index is 2.24. The molecule has 1 aliphatic heterocycles. The van der Waals surface area contributed by atoms with E-state index in [-0.39, 0.29) is 12.0 Å². The van der Waals surface area contributed by atoms with Crippen molar-refractivity contribution in [1.82, 2.24) is 14.3 Å². The van der Waals surface area contributed by atoms with Crippen LogP contribution in [0.4, 0.5) is 0 Å². The predicted molar refractivity (Wildman–Crippen MR) is 72.8 cm³/mol. The van der Waals surface area contributed by atoms with Crippen molar-refractivity contribution in [3.8, 4) is 0 Å². The number of hydrogen-bond donors (Lipinski definition) is 3. The van der Waals surface area contributed by atoms with Gasteiger partial charge >= 0.3 is 5.69 Å². The van der Waals surface area contributed by atoms with Crippen LogP contribution in [0.25, 0.3) is 0 Å². The standard InChI is InChI=1S/C11H18N4O4S/c1-7(12)8-2-4-15(5-3-8)20(18,19)9-6-13-11(17)14-10(9)16/h6-8H,2-5,12H2,1H3,(H2,13,14,16,17). The molecular weight excluding hydrogens is 284 g/mol. The summed E-state index contributed by atoms with van der Waals surface area (Å²) in [6.45, 7) is 2.56. The maximum Gasteiger partial charge on any atom is 0.325 e. The molecule has 2 heterocycles. The van der Waals surface area contributed by atoms with Crippen LogP contribution in [0.5, 0.6) is 0 Å². The maximum absolute atomic E-state index is 12.3. The van der Waals surface area contributed by atoms with Crippen molar-refractivity contribution in [3.63, 3.8) is 0 Å². The van der Waals surface area contributed by atoms with Crippen LogP contribution in [0, 0.1) is 5.92 Å². The minimum Gasteiger partial charge on any atom is -0.328 e. The summed E-state index contributed by atoms with van der Waals surface area (Å²) in [5.74, 6) is 0.287. The molecule has 0 spiro atoms. The predicted octanol–water partition coefficient (Wildman–Crippen LogP) is -1.19. The molecule has 20 heavy (non-hydrogen) atoms. The van der Waals surface area contributed by atoms with Crippen LogP contribution in [0.15, 0.2) is 20.7 Å². The first kappa shape index (κ1) is 14.9. The average Bonchev–Trinajstić information content (AvgIpc) is 2.38. The van der Waals surface area contributed by atoms with Crippen molar-refractivity contribution in [3.05, 3.63) is 27.0 Å². The van der Waals surface area contributed by atoms with Gasteiger partial charge in [0.2, 0.25) is 10.0 Å². The van der Waals surface area contributed by atoms with Gasteiger partial charge < -0.3 is 10.7 Å². The zero-order valence-electron chi connectivity index (χ0n) is 11.1. The van der Waals surface area contributed by atoms with Crippen molar-refractivity contribution in [2.45, 2.75) is 30.7 Å². The van der Waals surface area contributed by atoms with Crippen LogP contribution < -0.4 is 17.0 Å². The van der Waals surface area contributed by atoms with Gasteiger partial charge in [-0.25, -0.2) is 13.2 Å². The molecule has 1 aliphatic rings. The number of sulfonamides is 1. The van der Waals surface area contributed by atoms with E-state index in [9.17, 15) is 18.0 Å². The van der Waals surface area contributed by atoms with E-state index in [1.54, 1.807) is 0 Å². The van der Waals surface area contributed by atoms with Crippen LogP contribution in [-0.2, 0) is 10.0 Å². The number of nitrogens with zero attached hydrogens (tertiary/aromatic N) is 1. The minimum absolute atomic E-state index is 0.0244. The summed E-state index contributed by atoms with van der Waals surface area (Å²) in [5, 5.41) is 0. The van der Waals surface area contributed by atoms with Crippen molar-refractivity contribution < 1.29 is 8.42 Å². The summed E-state index contributed by atoms with van der Waals surface area (Å²) < 4.78 is 26.0. The second kappa shape index (κ2) is 5.51. The number of aromatic amines is 2. The number of nitrogens with one attached hydrogen (secondary N) is 2. The lowest BCUT2D eigenvalue weighted by atomic mass is 9.92. The summed E-state index contributed by atoms with van der Waals surface area (Å²) in [6, 6.07) is 0.0244. The lowest BCUT2D eigenvalue weighted by molar-refractivity contribution is 0.250. The fourth-order valence-corrected chi connectivity index (χ4v) is 3.83. The first-order chi connectivity index (χ1) is 9.32. The largest absolute Gasteiger partial charge is 0.328 e. The average molecular weight is 302 g/mol. The molecule has 8 nitrogen and oxygen atoms in total. The van der Waals surface area contributed by atoms with Crippen molar-refractivity contribution in [2.24, 2.45) is 11.7 Å². The third-order valence-electron chi connectivity index (χ3n) is 3.65. The molecule has 1 unspecified atom stereocenters. The van der Waals surface area contributed by atoms with Gasteiger partial charge in [0, 0.05) is 25.3 Å². The summed E-state index contributed by atoms with van der Waals surface area (Å²) >= 11 is 0. The van der Waals surface area contributed by atoms with Crippen molar-refractivity contribution >= 4 is 10.0 Å². The Morgan fingerprint density at radius 1 is 1.35 bits per heavy atom. The summed E-state index contributed by atoms with van der Waals surface area (Å²) in [5.41, 5.74) is 4.18. The molecule has 0 bridgehead atoms. The highest BCUT2D eigenvalue weighted by atomic mass is 32.2. The van der Waals surface area contributed by atoms with Gasteiger partial charge in [-0.05, 0) is 25.7 Å².